The zero-order valence-corrected chi connectivity index (χ0v) is 22.9. The molecule has 4 rings (SSSR count). The fourth-order valence-electron chi connectivity index (χ4n) is 5.03. The van der Waals surface area contributed by atoms with Crippen molar-refractivity contribution in [1.82, 2.24) is 8.61 Å². The van der Waals surface area contributed by atoms with Crippen molar-refractivity contribution >= 4 is 31.6 Å². The Bertz CT molecular complexity index is 1240. The fraction of sp³-hybridized carbons (Fsp3) is 0.519. The molecule has 2 fully saturated rings. The summed E-state index contributed by atoms with van der Waals surface area (Å²) >= 11 is 0. The second kappa shape index (κ2) is 12.5. The van der Waals surface area contributed by atoms with Crippen molar-refractivity contribution in [3.8, 4) is 0 Å². The first-order chi connectivity index (χ1) is 17.8. The minimum atomic E-state index is -3.55. The van der Waals surface area contributed by atoms with Gasteiger partial charge in [0.25, 0.3) is 0 Å². The summed E-state index contributed by atoms with van der Waals surface area (Å²) in [6, 6.07) is 16.1. The first kappa shape index (κ1) is 27.8. The van der Waals surface area contributed by atoms with E-state index in [-0.39, 0.29) is 23.1 Å². The van der Waals surface area contributed by atoms with Gasteiger partial charge in [0.1, 0.15) is 0 Å². The molecule has 0 aromatic heterocycles. The third-order valence-electron chi connectivity index (χ3n) is 7.18. The number of anilines is 1. The van der Waals surface area contributed by atoms with E-state index in [1.165, 1.54) is 16.4 Å². The van der Waals surface area contributed by atoms with E-state index in [0.29, 0.717) is 51.0 Å². The summed E-state index contributed by atoms with van der Waals surface area (Å²) in [4.78, 5) is 13.2. The van der Waals surface area contributed by atoms with E-state index < -0.39 is 26.0 Å². The number of sulfonamides is 2. The van der Waals surface area contributed by atoms with Crippen LogP contribution in [0.1, 0.15) is 50.5 Å². The van der Waals surface area contributed by atoms with Gasteiger partial charge in [-0.25, -0.2) is 21.1 Å². The quantitative estimate of drug-likeness (QED) is 0.513. The number of piperidine rings is 1. The summed E-state index contributed by atoms with van der Waals surface area (Å²) in [6.07, 6.45) is 6.30. The van der Waals surface area contributed by atoms with E-state index in [4.69, 9.17) is 0 Å². The van der Waals surface area contributed by atoms with Crippen LogP contribution in [0.5, 0.6) is 0 Å². The van der Waals surface area contributed by atoms with Crippen molar-refractivity contribution in [3.63, 3.8) is 0 Å². The standard InChI is InChI=1S/C27H37N3O5S2/c31-27(28-25-14-16-26(17-15-25)37(34,35)29-18-6-1-2-7-19-29)24-13-8-20-30(22-24)36(32,33)21-9-12-23-10-4-3-5-11-23/h3-5,10-11,14-17,24H,1-2,6-9,12-13,18-22H2,(H,28,31). The highest BCUT2D eigenvalue weighted by Gasteiger charge is 2.32. The van der Waals surface area contributed by atoms with E-state index in [1.807, 2.05) is 30.3 Å². The number of carbonyl (C=O) groups excluding carboxylic acids is 1. The molecule has 2 heterocycles. The molecule has 1 unspecified atom stereocenters. The maximum atomic E-state index is 13.0. The Hall–Kier alpha value is -2.27. The smallest absolute Gasteiger partial charge is 0.243 e. The van der Waals surface area contributed by atoms with E-state index in [2.05, 4.69) is 5.32 Å². The Morgan fingerprint density at radius 3 is 2.14 bits per heavy atom. The lowest BCUT2D eigenvalue weighted by Gasteiger charge is -2.31. The highest BCUT2D eigenvalue weighted by molar-refractivity contribution is 7.89. The van der Waals surface area contributed by atoms with Crippen molar-refractivity contribution in [2.45, 2.75) is 56.3 Å². The first-order valence-electron chi connectivity index (χ1n) is 13.2. The van der Waals surface area contributed by atoms with Gasteiger partial charge in [-0.15, -0.1) is 0 Å². The molecule has 8 nitrogen and oxygen atoms in total. The molecular formula is C27H37N3O5S2. The monoisotopic (exact) mass is 547 g/mol. The van der Waals surface area contributed by atoms with Gasteiger partial charge in [0.05, 0.1) is 16.6 Å². The molecule has 0 radical (unpaired) electrons. The van der Waals surface area contributed by atoms with Crippen LogP contribution in [0.2, 0.25) is 0 Å². The molecule has 1 N–H and O–H groups in total. The van der Waals surface area contributed by atoms with Crippen LogP contribution in [0.3, 0.4) is 0 Å². The predicted molar refractivity (Wildman–Crippen MR) is 145 cm³/mol. The molecule has 2 aromatic rings. The van der Waals surface area contributed by atoms with Gasteiger partial charge in [-0.1, -0.05) is 43.2 Å². The molecule has 2 saturated heterocycles. The number of rotatable bonds is 9. The highest BCUT2D eigenvalue weighted by Crippen LogP contribution is 2.24. The molecule has 2 aliphatic heterocycles. The molecule has 1 amide bonds. The lowest BCUT2D eigenvalue weighted by atomic mass is 9.99. The number of carbonyl (C=O) groups is 1. The van der Waals surface area contributed by atoms with Gasteiger partial charge in [0.15, 0.2) is 0 Å². The van der Waals surface area contributed by atoms with Crippen LogP contribution in [0.4, 0.5) is 5.69 Å². The lowest BCUT2D eigenvalue weighted by Crippen LogP contribution is -2.44. The number of benzene rings is 2. The van der Waals surface area contributed by atoms with Crippen molar-refractivity contribution < 1.29 is 21.6 Å². The Labute approximate surface area is 221 Å². The van der Waals surface area contributed by atoms with Crippen LogP contribution in [0.15, 0.2) is 59.5 Å². The van der Waals surface area contributed by atoms with Gasteiger partial charge in [-0.05, 0) is 68.4 Å². The van der Waals surface area contributed by atoms with Crippen LogP contribution in [-0.4, -0.2) is 63.3 Å². The maximum absolute atomic E-state index is 13.0. The Morgan fingerprint density at radius 1 is 0.811 bits per heavy atom. The van der Waals surface area contributed by atoms with Gasteiger partial charge in [0, 0.05) is 31.9 Å². The van der Waals surface area contributed by atoms with E-state index in [1.54, 1.807) is 16.4 Å². The number of aryl methyl sites for hydroxylation is 1. The van der Waals surface area contributed by atoms with Crippen molar-refractivity contribution in [2.75, 3.05) is 37.2 Å². The largest absolute Gasteiger partial charge is 0.326 e. The third-order valence-corrected chi connectivity index (χ3v) is 11.0. The minimum absolute atomic E-state index is 0.0587. The van der Waals surface area contributed by atoms with Gasteiger partial charge >= 0.3 is 0 Å². The van der Waals surface area contributed by atoms with Gasteiger partial charge in [0.2, 0.25) is 26.0 Å². The average Bonchev–Trinajstić information content (AvgIpc) is 3.20. The summed E-state index contributed by atoms with van der Waals surface area (Å²) in [7, 11) is -7.00. The molecule has 37 heavy (non-hydrogen) atoms. The molecule has 0 aliphatic carbocycles. The topological polar surface area (TPSA) is 104 Å². The van der Waals surface area contributed by atoms with Crippen LogP contribution in [-0.2, 0) is 31.3 Å². The summed E-state index contributed by atoms with van der Waals surface area (Å²) in [5.41, 5.74) is 1.61. The Balaban J connectivity index is 1.31. The van der Waals surface area contributed by atoms with E-state index in [9.17, 15) is 21.6 Å². The molecular weight excluding hydrogens is 510 g/mol. The van der Waals surface area contributed by atoms with Crippen LogP contribution in [0, 0.1) is 5.92 Å². The van der Waals surface area contributed by atoms with Crippen molar-refractivity contribution in [2.24, 2.45) is 5.92 Å². The zero-order valence-electron chi connectivity index (χ0n) is 21.2. The summed E-state index contributed by atoms with van der Waals surface area (Å²) < 4.78 is 54.8. The molecule has 0 bridgehead atoms. The zero-order chi connectivity index (χ0) is 26.3. The van der Waals surface area contributed by atoms with Crippen LogP contribution in [0.25, 0.3) is 0 Å². The summed E-state index contributed by atoms with van der Waals surface area (Å²) in [5.74, 6) is -0.631. The van der Waals surface area contributed by atoms with Crippen LogP contribution >= 0.6 is 0 Å². The molecule has 0 spiro atoms. The first-order valence-corrected chi connectivity index (χ1v) is 16.2. The van der Waals surface area contributed by atoms with Gasteiger partial charge in [-0.3, -0.25) is 4.79 Å². The molecule has 0 saturated carbocycles. The predicted octanol–water partition coefficient (Wildman–Crippen LogP) is 3.86. The molecule has 10 heteroatoms. The molecule has 1 atom stereocenters. The maximum Gasteiger partial charge on any atom is 0.243 e. The molecule has 202 valence electrons. The second-order valence-electron chi connectivity index (χ2n) is 9.93. The minimum Gasteiger partial charge on any atom is -0.326 e. The molecule has 2 aliphatic rings. The third kappa shape index (κ3) is 7.40. The lowest BCUT2D eigenvalue weighted by molar-refractivity contribution is -0.120. The fourth-order valence-corrected chi connectivity index (χ4v) is 8.13. The van der Waals surface area contributed by atoms with Crippen molar-refractivity contribution in [3.05, 3.63) is 60.2 Å². The number of hydrogen-bond acceptors (Lipinski definition) is 5. The Morgan fingerprint density at radius 2 is 1.46 bits per heavy atom. The van der Waals surface area contributed by atoms with Crippen LogP contribution < -0.4 is 5.32 Å². The average molecular weight is 548 g/mol. The summed E-state index contributed by atoms with van der Waals surface area (Å²) in [6.45, 7) is 1.67. The summed E-state index contributed by atoms with van der Waals surface area (Å²) in [5, 5.41) is 2.85. The number of amides is 1. The van der Waals surface area contributed by atoms with E-state index in [0.717, 1.165) is 31.2 Å². The second-order valence-corrected chi connectivity index (χ2v) is 14.0. The Kier molecular flexibility index (Phi) is 9.39. The number of nitrogens with one attached hydrogen (secondary N) is 1. The SMILES string of the molecule is O=C(Nc1ccc(S(=O)(=O)N2CCCCCC2)cc1)C1CCCN(S(=O)(=O)CCCc2ccccc2)C1. The number of nitrogens with zero attached hydrogens (tertiary/aromatic N) is 2. The highest BCUT2D eigenvalue weighted by atomic mass is 32.2. The molecule has 2 aromatic carbocycles. The normalized spacial score (nSPS) is 20.3. The van der Waals surface area contributed by atoms with Crippen molar-refractivity contribution in [1.29, 1.82) is 0 Å². The number of hydrogen-bond donors (Lipinski definition) is 1. The van der Waals surface area contributed by atoms with E-state index >= 15 is 0 Å². The van der Waals surface area contributed by atoms with Gasteiger partial charge in [-0.2, -0.15) is 4.31 Å². The van der Waals surface area contributed by atoms with Gasteiger partial charge < -0.3 is 5.32 Å².